The number of nitrogens with zero attached hydrogens (tertiary/aromatic N) is 3. The molecule has 0 saturated carbocycles. The lowest BCUT2D eigenvalue weighted by Crippen LogP contribution is -2.01. The molecule has 294 valence electrons. The molecular weight excluding hydrogens is 791 g/mol. The molecule has 13 rings (SSSR count). The van der Waals surface area contributed by atoms with E-state index in [4.69, 9.17) is 23.8 Å². The molecule has 0 saturated heterocycles. The van der Waals surface area contributed by atoms with Gasteiger partial charge in [0.15, 0.2) is 17.5 Å². The molecule has 6 heteroatoms. The minimum atomic E-state index is -0.352. The summed E-state index contributed by atoms with van der Waals surface area (Å²) in [4.78, 5) is 15.0. The Bertz CT molecular complexity index is 4280. The summed E-state index contributed by atoms with van der Waals surface area (Å²) in [5.74, 6) is 0.538. The largest absolute Gasteiger partial charge is 0.456 e. The van der Waals surface area contributed by atoms with Crippen LogP contribution in [-0.4, -0.2) is 15.0 Å². The van der Waals surface area contributed by atoms with E-state index in [0.717, 1.165) is 64.4 Å². The molecule has 0 bridgehead atoms. The molecule has 0 aliphatic heterocycles. The van der Waals surface area contributed by atoms with Crippen LogP contribution in [0, 0.1) is 0 Å². The van der Waals surface area contributed by atoms with Gasteiger partial charge in [0.1, 0.15) is 22.3 Å². The third-order valence-corrected chi connectivity index (χ3v) is 12.8. The van der Waals surface area contributed by atoms with Gasteiger partial charge in [-0.3, -0.25) is 0 Å². The maximum absolute atomic E-state index is 9.73. The Balaban J connectivity index is 1.02. The molecule has 0 atom stereocenters. The number of rotatable bonds is 6. The molecule has 0 fully saturated rings. The first-order valence-corrected chi connectivity index (χ1v) is 21.3. The summed E-state index contributed by atoms with van der Waals surface area (Å²) in [6, 6.07) is 51.8. The van der Waals surface area contributed by atoms with Gasteiger partial charge >= 0.3 is 0 Å². The molecule has 5 nitrogen and oxygen atoms in total. The van der Waals surface area contributed by atoms with Gasteiger partial charge < -0.3 is 8.83 Å². The van der Waals surface area contributed by atoms with Crippen molar-refractivity contribution in [1.29, 1.82) is 0 Å². The van der Waals surface area contributed by atoms with Crippen LogP contribution in [0.15, 0.2) is 209 Å². The summed E-state index contributed by atoms with van der Waals surface area (Å²) in [6.07, 6.45) is 0. The summed E-state index contributed by atoms with van der Waals surface area (Å²) in [6.45, 7) is 0. The predicted molar refractivity (Wildman–Crippen MR) is 260 cm³/mol. The Morgan fingerprint density at radius 3 is 1.87 bits per heavy atom. The van der Waals surface area contributed by atoms with E-state index in [2.05, 4.69) is 0 Å². The molecule has 0 unspecified atom stereocenters. The van der Waals surface area contributed by atoms with Gasteiger partial charge in [-0.1, -0.05) is 146 Å². The highest BCUT2D eigenvalue weighted by Crippen LogP contribution is 2.42. The monoisotopic (exact) mass is 829 g/mol. The molecule has 13 aromatic rings. The maximum Gasteiger partial charge on any atom is 0.164 e. The molecule has 63 heavy (non-hydrogen) atoms. The Morgan fingerprint density at radius 2 is 0.984 bits per heavy atom. The molecule has 0 spiro atoms. The minimum Gasteiger partial charge on any atom is -0.456 e. The summed E-state index contributed by atoms with van der Waals surface area (Å²) in [5, 5.41) is 4.00. The number of furan rings is 2. The summed E-state index contributed by atoms with van der Waals surface area (Å²) >= 11 is 1.61. The lowest BCUT2D eigenvalue weighted by atomic mass is 9.97. The van der Waals surface area contributed by atoms with Crippen molar-refractivity contribution in [2.75, 3.05) is 0 Å². The van der Waals surface area contributed by atoms with Gasteiger partial charge in [-0.25, -0.2) is 15.0 Å². The molecule has 0 N–H and O–H groups in total. The van der Waals surface area contributed by atoms with E-state index < -0.39 is 0 Å². The first-order chi connectivity index (χ1) is 33.7. The van der Waals surface area contributed by atoms with Crippen LogP contribution in [0.5, 0.6) is 0 Å². The van der Waals surface area contributed by atoms with E-state index in [1.165, 1.54) is 0 Å². The predicted octanol–water partition coefficient (Wildman–Crippen LogP) is 16.0. The zero-order valence-electron chi connectivity index (χ0n) is 39.2. The zero-order chi connectivity index (χ0) is 46.7. The third-order valence-electron chi connectivity index (χ3n) is 11.6. The van der Waals surface area contributed by atoms with E-state index in [1.54, 1.807) is 11.3 Å². The van der Waals surface area contributed by atoms with Crippen LogP contribution in [0.1, 0.15) is 8.22 Å². The molecule has 4 aromatic heterocycles. The molecule has 0 aliphatic rings. The number of benzene rings is 9. The summed E-state index contributed by atoms with van der Waals surface area (Å²) in [7, 11) is 0. The maximum atomic E-state index is 9.73. The molecule has 9 aromatic carbocycles. The highest BCUT2D eigenvalue weighted by Gasteiger charge is 2.19. The average Bonchev–Trinajstić information content (AvgIpc) is 4.10. The van der Waals surface area contributed by atoms with Crippen molar-refractivity contribution in [3.63, 3.8) is 0 Å². The van der Waals surface area contributed by atoms with E-state index in [1.807, 2.05) is 164 Å². The fraction of sp³-hybridized carbons (Fsp3) is 0. The van der Waals surface area contributed by atoms with Gasteiger partial charge in [-0.2, -0.15) is 0 Å². The van der Waals surface area contributed by atoms with Crippen LogP contribution in [0.4, 0.5) is 0 Å². The van der Waals surface area contributed by atoms with Gasteiger partial charge in [-0.05, 0) is 87.9 Å². The second kappa shape index (κ2) is 14.2. The van der Waals surface area contributed by atoms with E-state index >= 15 is 0 Å². The molecule has 0 radical (unpaired) electrons. The topological polar surface area (TPSA) is 65.0 Å². The van der Waals surface area contributed by atoms with Gasteiger partial charge in [0, 0.05) is 58.4 Å². The van der Waals surface area contributed by atoms with E-state index in [9.17, 15) is 8.22 Å². The fourth-order valence-electron chi connectivity index (χ4n) is 8.62. The SMILES string of the molecule is [2H]c1c(-c2cccc3sc4ccccc4c23)c([2H])c2c(oc3c([2H])c(-c4nc(-c5ccc(-c6ccccc6)cc5)nc(-c5ccccc5-c5ccc6c(c5)oc5ccccc56)n4)c([2H])c([2H])c32)c1[2H]. The molecular formula is C57H33N3O2S. The van der Waals surface area contributed by atoms with Crippen molar-refractivity contribution in [1.82, 2.24) is 15.0 Å². The van der Waals surface area contributed by atoms with Gasteiger partial charge in [0.05, 0.1) is 8.22 Å². The van der Waals surface area contributed by atoms with Crippen LogP contribution in [0.25, 0.3) is 132 Å². The Labute approximate surface area is 373 Å². The van der Waals surface area contributed by atoms with Crippen molar-refractivity contribution >= 4 is 75.4 Å². The highest BCUT2D eigenvalue weighted by atomic mass is 32.1. The average molecular weight is 830 g/mol. The lowest BCUT2D eigenvalue weighted by molar-refractivity contribution is 0.668. The summed E-state index contributed by atoms with van der Waals surface area (Å²) in [5.41, 5.74) is 7.12. The minimum absolute atomic E-state index is 0.0226. The first kappa shape index (κ1) is 29.9. The first-order valence-electron chi connectivity index (χ1n) is 23.5. The fourth-order valence-corrected chi connectivity index (χ4v) is 9.76. The van der Waals surface area contributed by atoms with Crippen LogP contribution in [0.2, 0.25) is 0 Å². The number of thiophene rings is 1. The second-order valence-electron chi connectivity index (χ2n) is 15.4. The van der Waals surface area contributed by atoms with Crippen LogP contribution < -0.4 is 0 Å². The van der Waals surface area contributed by atoms with Crippen LogP contribution in [-0.2, 0) is 0 Å². The van der Waals surface area contributed by atoms with Crippen LogP contribution >= 0.6 is 11.3 Å². The van der Waals surface area contributed by atoms with E-state index in [0.29, 0.717) is 16.7 Å². The Kier molecular flexibility index (Phi) is 6.75. The van der Waals surface area contributed by atoms with Crippen LogP contribution in [0.3, 0.4) is 0 Å². The van der Waals surface area contributed by atoms with Gasteiger partial charge in [0.25, 0.3) is 0 Å². The second-order valence-corrected chi connectivity index (χ2v) is 16.5. The van der Waals surface area contributed by atoms with Gasteiger partial charge in [-0.15, -0.1) is 11.3 Å². The zero-order valence-corrected chi connectivity index (χ0v) is 34.0. The lowest BCUT2D eigenvalue weighted by Gasteiger charge is -2.12. The number of hydrogen-bond acceptors (Lipinski definition) is 6. The van der Waals surface area contributed by atoms with Gasteiger partial charge in [0.2, 0.25) is 0 Å². The van der Waals surface area contributed by atoms with Crippen molar-refractivity contribution in [3.05, 3.63) is 200 Å². The standard InChI is InChI=1S/C57H33N3O2S/c1-2-11-34(12-3-1)35-21-23-36(24-22-35)55-58-56(60-57(59-55)45-15-5-4-13-40(45)38-25-28-43-42-14-6-8-18-48(42)61-50(43)32-38)39-26-29-44-47-31-37(27-30-49(47)62-51(44)33-39)41-17-10-20-53-54(41)46-16-7-9-19-52(46)63-53/h1-33H/i26D,27D,29D,30D,31D,33D. The molecule has 4 heterocycles. The van der Waals surface area contributed by atoms with Crippen molar-refractivity contribution in [2.45, 2.75) is 0 Å². The number of fused-ring (bicyclic) bond motifs is 9. The Morgan fingerprint density at radius 1 is 0.349 bits per heavy atom. The summed E-state index contributed by atoms with van der Waals surface area (Å²) < 4.78 is 71.8. The smallest absolute Gasteiger partial charge is 0.164 e. The third kappa shape index (κ3) is 5.95. The van der Waals surface area contributed by atoms with Crippen molar-refractivity contribution in [3.8, 4) is 67.5 Å². The number of para-hydroxylation sites is 1. The number of hydrogen-bond donors (Lipinski definition) is 0. The molecule has 0 amide bonds. The number of aromatic nitrogens is 3. The quantitative estimate of drug-likeness (QED) is 0.167. The highest BCUT2D eigenvalue weighted by molar-refractivity contribution is 7.25. The Hall–Kier alpha value is -8.19. The van der Waals surface area contributed by atoms with E-state index in [-0.39, 0.29) is 86.8 Å². The van der Waals surface area contributed by atoms with Crippen molar-refractivity contribution < 1.29 is 17.1 Å². The molecule has 0 aliphatic carbocycles. The normalized spacial score (nSPS) is 13.1. The van der Waals surface area contributed by atoms with Crippen molar-refractivity contribution in [2.24, 2.45) is 0 Å².